The molecule has 0 aromatic heterocycles. The molecule has 0 radical (unpaired) electrons. The Morgan fingerprint density at radius 1 is 0.960 bits per heavy atom. The van der Waals surface area contributed by atoms with E-state index in [1.54, 1.807) is 0 Å². The number of rotatable bonds is 4. The molecule has 1 aromatic carbocycles. The average Bonchev–Trinajstić information content (AvgIpc) is 2.53. The average molecular weight is 344 g/mol. The molecule has 138 valence electrons. The lowest BCUT2D eigenvalue weighted by atomic mass is 9.80. The summed E-state index contributed by atoms with van der Waals surface area (Å²) in [6.45, 7) is 10.2. The summed E-state index contributed by atoms with van der Waals surface area (Å²) in [5, 5.41) is 6.16. The molecular weight excluding hydrogens is 312 g/mol. The van der Waals surface area contributed by atoms with Crippen LogP contribution < -0.4 is 10.6 Å². The maximum atomic E-state index is 12.6. The minimum Gasteiger partial charge on any atom is -0.351 e. The fraction of sp³-hybridized carbons (Fsp3) is 0.619. The Bertz CT molecular complexity index is 609. The van der Waals surface area contributed by atoms with Crippen molar-refractivity contribution in [3.8, 4) is 0 Å². The first-order valence-corrected chi connectivity index (χ1v) is 9.39. The number of para-hydroxylation sites is 1. The number of carbonyl (C=O) groups is 2. The van der Waals surface area contributed by atoms with Crippen LogP contribution in [0.2, 0.25) is 0 Å². The summed E-state index contributed by atoms with van der Waals surface area (Å²) in [6, 6.07) is 7.99. The zero-order valence-electron chi connectivity index (χ0n) is 16.2. The van der Waals surface area contributed by atoms with Gasteiger partial charge in [0, 0.05) is 23.1 Å². The number of hydrogen-bond donors (Lipinski definition) is 2. The van der Waals surface area contributed by atoms with Crippen molar-refractivity contribution < 1.29 is 9.59 Å². The van der Waals surface area contributed by atoms with E-state index in [4.69, 9.17) is 0 Å². The molecule has 1 aliphatic rings. The first kappa shape index (κ1) is 19.5. The van der Waals surface area contributed by atoms with Gasteiger partial charge in [-0.05, 0) is 64.0 Å². The number of nitrogens with one attached hydrogen (secondary N) is 2. The van der Waals surface area contributed by atoms with Crippen LogP contribution in [0.1, 0.15) is 71.8 Å². The van der Waals surface area contributed by atoms with Gasteiger partial charge >= 0.3 is 0 Å². The number of benzene rings is 1. The van der Waals surface area contributed by atoms with E-state index in [-0.39, 0.29) is 29.2 Å². The third kappa shape index (κ3) is 5.58. The van der Waals surface area contributed by atoms with Gasteiger partial charge in [0.1, 0.15) is 0 Å². The highest BCUT2D eigenvalue weighted by Crippen LogP contribution is 2.31. The molecule has 25 heavy (non-hydrogen) atoms. The number of carbonyl (C=O) groups excluding carboxylic acids is 2. The third-order valence-corrected chi connectivity index (χ3v) is 4.81. The molecule has 4 nitrogen and oxygen atoms in total. The van der Waals surface area contributed by atoms with Crippen LogP contribution in [0.5, 0.6) is 0 Å². The summed E-state index contributed by atoms with van der Waals surface area (Å²) in [4.78, 5) is 24.9. The van der Waals surface area contributed by atoms with Crippen LogP contribution in [0.15, 0.2) is 24.3 Å². The quantitative estimate of drug-likeness (QED) is 0.846. The Kier molecular flexibility index (Phi) is 6.26. The highest BCUT2D eigenvalue weighted by molar-refractivity contribution is 5.93. The molecule has 0 heterocycles. The Hall–Kier alpha value is -1.84. The van der Waals surface area contributed by atoms with Gasteiger partial charge in [-0.1, -0.05) is 32.0 Å². The lowest BCUT2D eigenvalue weighted by Crippen LogP contribution is -2.45. The van der Waals surface area contributed by atoms with Crippen molar-refractivity contribution in [1.82, 2.24) is 5.32 Å². The molecule has 1 aromatic rings. The van der Waals surface area contributed by atoms with Crippen molar-refractivity contribution in [2.45, 2.75) is 71.8 Å². The maximum absolute atomic E-state index is 12.6. The van der Waals surface area contributed by atoms with Gasteiger partial charge in [0.05, 0.1) is 0 Å². The van der Waals surface area contributed by atoms with Crippen LogP contribution in [0, 0.1) is 11.8 Å². The van der Waals surface area contributed by atoms with Gasteiger partial charge in [-0.2, -0.15) is 0 Å². The standard InChI is InChI=1S/C21H32N2O2/c1-14(2)17-8-6-7-9-18(17)22-19(24)15-10-12-16(13-11-15)20(25)23-21(3,4)5/h6-9,14-16H,10-13H2,1-5H3,(H,22,24)(H,23,25). The van der Waals surface area contributed by atoms with E-state index in [1.807, 2.05) is 39.0 Å². The molecule has 1 saturated carbocycles. The van der Waals surface area contributed by atoms with E-state index in [0.717, 1.165) is 36.9 Å². The molecule has 0 bridgehead atoms. The molecular formula is C21H32N2O2. The highest BCUT2D eigenvalue weighted by atomic mass is 16.2. The number of anilines is 1. The zero-order valence-corrected chi connectivity index (χ0v) is 16.2. The molecule has 0 saturated heterocycles. The van der Waals surface area contributed by atoms with Crippen molar-refractivity contribution >= 4 is 17.5 Å². The Labute approximate surface area is 151 Å². The predicted octanol–water partition coefficient (Wildman–Crippen LogP) is 4.47. The molecule has 0 aliphatic heterocycles. The van der Waals surface area contributed by atoms with Crippen LogP contribution >= 0.6 is 0 Å². The first-order chi connectivity index (χ1) is 11.7. The van der Waals surface area contributed by atoms with Crippen molar-refractivity contribution in [3.63, 3.8) is 0 Å². The minimum atomic E-state index is -0.203. The van der Waals surface area contributed by atoms with Crippen LogP contribution in [0.25, 0.3) is 0 Å². The monoisotopic (exact) mass is 344 g/mol. The van der Waals surface area contributed by atoms with Gasteiger partial charge in [-0.3, -0.25) is 9.59 Å². The minimum absolute atomic E-state index is 0.00101. The summed E-state index contributed by atoms with van der Waals surface area (Å²) in [5.41, 5.74) is 1.87. The van der Waals surface area contributed by atoms with Gasteiger partial charge < -0.3 is 10.6 Å². The maximum Gasteiger partial charge on any atom is 0.227 e. The largest absolute Gasteiger partial charge is 0.351 e. The smallest absolute Gasteiger partial charge is 0.227 e. The van der Waals surface area contributed by atoms with Crippen LogP contribution in [-0.2, 0) is 9.59 Å². The van der Waals surface area contributed by atoms with Crippen molar-refractivity contribution in [2.75, 3.05) is 5.32 Å². The van der Waals surface area contributed by atoms with E-state index in [9.17, 15) is 9.59 Å². The van der Waals surface area contributed by atoms with Crippen molar-refractivity contribution in [3.05, 3.63) is 29.8 Å². The van der Waals surface area contributed by atoms with Crippen LogP contribution in [0.4, 0.5) is 5.69 Å². The molecule has 2 rings (SSSR count). The van der Waals surface area contributed by atoms with Crippen LogP contribution in [0.3, 0.4) is 0 Å². The van der Waals surface area contributed by atoms with Gasteiger partial charge in [0.25, 0.3) is 0 Å². The fourth-order valence-electron chi connectivity index (χ4n) is 3.44. The van der Waals surface area contributed by atoms with Gasteiger partial charge in [0.15, 0.2) is 0 Å². The van der Waals surface area contributed by atoms with Crippen molar-refractivity contribution in [1.29, 1.82) is 0 Å². The third-order valence-electron chi connectivity index (χ3n) is 4.81. The van der Waals surface area contributed by atoms with Gasteiger partial charge in [-0.25, -0.2) is 0 Å². The molecule has 1 fully saturated rings. The zero-order chi connectivity index (χ0) is 18.6. The van der Waals surface area contributed by atoms with E-state index in [2.05, 4.69) is 30.5 Å². The SMILES string of the molecule is CC(C)c1ccccc1NC(=O)C1CCC(C(=O)NC(C)(C)C)CC1. The molecule has 1 aliphatic carbocycles. The Morgan fingerprint density at radius 3 is 2.00 bits per heavy atom. The Morgan fingerprint density at radius 2 is 1.48 bits per heavy atom. The molecule has 2 N–H and O–H groups in total. The second-order valence-corrected chi connectivity index (χ2v) is 8.52. The summed E-state index contributed by atoms with van der Waals surface area (Å²) >= 11 is 0. The Balaban J connectivity index is 1.91. The van der Waals surface area contributed by atoms with E-state index >= 15 is 0 Å². The predicted molar refractivity (Wildman–Crippen MR) is 103 cm³/mol. The lowest BCUT2D eigenvalue weighted by molar-refractivity contribution is -0.129. The second-order valence-electron chi connectivity index (χ2n) is 8.52. The molecule has 0 spiro atoms. The van der Waals surface area contributed by atoms with E-state index in [0.29, 0.717) is 5.92 Å². The molecule has 0 atom stereocenters. The summed E-state index contributed by atoms with van der Waals surface area (Å²) in [7, 11) is 0. The summed E-state index contributed by atoms with van der Waals surface area (Å²) in [6.07, 6.45) is 3.12. The van der Waals surface area contributed by atoms with E-state index in [1.165, 1.54) is 0 Å². The molecule has 4 heteroatoms. The van der Waals surface area contributed by atoms with Gasteiger partial charge in [0.2, 0.25) is 11.8 Å². The van der Waals surface area contributed by atoms with Gasteiger partial charge in [-0.15, -0.1) is 0 Å². The van der Waals surface area contributed by atoms with Crippen LogP contribution in [-0.4, -0.2) is 17.4 Å². The van der Waals surface area contributed by atoms with E-state index < -0.39 is 0 Å². The normalized spacial score (nSPS) is 21.0. The fourth-order valence-corrected chi connectivity index (χ4v) is 3.44. The summed E-state index contributed by atoms with van der Waals surface area (Å²) in [5.74, 6) is 0.609. The number of hydrogen-bond acceptors (Lipinski definition) is 2. The topological polar surface area (TPSA) is 58.2 Å². The first-order valence-electron chi connectivity index (χ1n) is 9.39. The summed E-state index contributed by atoms with van der Waals surface area (Å²) < 4.78 is 0. The second kappa shape index (κ2) is 8.03. The highest BCUT2D eigenvalue weighted by Gasteiger charge is 2.31. The van der Waals surface area contributed by atoms with Crippen molar-refractivity contribution in [2.24, 2.45) is 11.8 Å². The molecule has 2 amide bonds. The molecule has 0 unspecified atom stereocenters. The lowest BCUT2D eigenvalue weighted by Gasteiger charge is -2.30. The number of amides is 2.